The van der Waals surface area contributed by atoms with Crippen LogP contribution in [0.25, 0.3) is 0 Å². The predicted molar refractivity (Wildman–Crippen MR) is 76.9 cm³/mol. The Morgan fingerprint density at radius 3 is 2.27 bits per heavy atom. The van der Waals surface area contributed by atoms with Crippen molar-refractivity contribution < 1.29 is 21.6 Å². The van der Waals surface area contributed by atoms with Crippen molar-refractivity contribution in [2.45, 2.75) is 17.6 Å². The summed E-state index contributed by atoms with van der Waals surface area (Å²) >= 11 is 5.71. The first-order valence-electron chi connectivity index (χ1n) is 6.10. The summed E-state index contributed by atoms with van der Waals surface area (Å²) < 4.78 is 64.2. The molecule has 2 aromatic carbocycles. The fourth-order valence-corrected chi connectivity index (χ4v) is 2.89. The first-order valence-corrected chi connectivity index (χ1v) is 7.96. The molecule has 2 aromatic rings. The van der Waals surface area contributed by atoms with Crippen LogP contribution in [0.2, 0.25) is 5.02 Å². The van der Waals surface area contributed by atoms with Crippen molar-refractivity contribution in [3.63, 3.8) is 0 Å². The molecule has 3 nitrogen and oxygen atoms in total. The fraction of sp³-hybridized carbons (Fsp3) is 0.143. The Labute approximate surface area is 130 Å². The van der Waals surface area contributed by atoms with Crippen molar-refractivity contribution >= 4 is 21.6 Å². The second-order valence-electron chi connectivity index (χ2n) is 4.48. The van der Waals surface area contributed by atoms with Crippen LogP contribution in [0.15, 0.2) is 53.4 Å². The van der Waals surface area contributed by atoms with E-state index in [4.69, 9.17) is 11.6 Å². The van der Waals surface area contributed by atoms with E-state index in [1.165, 1.54) is 0 Å². The van der Waals surface area contributed by atoms with Gasteiger partial charge in [-0.25, -0.2) is 13.1 Å². The molecule has 0 aliphatic heterocycles. The maximum atomic E-state index is 12.6. The SMILES string of the molecule is O=S(=O)(NCc1ccc(Cl)cc1)c1cccc(C(F)(F)F)c1. The number of sulfonamides is 1. The molecule has 118 valence electrons. The van der Waals surface area contributed by atoms with E-state index in [-0.39, 0.29) is 6.54 Å². The van der Waals surface area contributed by atoms with Crippen molar-refractivity contribution in [1.82, 2.24) is 4.72 Å². The normalized spacial score (nSPS) is 12.4. The van der Waals surface area contributed by atoms with Gasteiger partial charge in [-0.1, -0.05) is 29.8 Å². The third-order valence-electron chi connectivity index (χ3n) is 2.85. The number of benzene rings is 2. The standard InChI is InChI=1S/C14H11ClF3NO2S/c15-12-6-4-10(5-7-12)9-19-22(20,21)13-3-1-2-11(8-13)14(16,17)18/h1-8,19H,9H2. The Hall–Kier alpha value is -1.57. The van der Waals surface area contributed by atoms with Crippen LogP contribution in [-0.2, 0) is 22.7 Å². The lowest BCUT2D eigenvalue weighted by molar-refractivity contribution is -0.137. The summed E-state index contributed by atoms with van der Waals surface area (Å²) in [6.45, 7) is -0.0459. The van der Waals surface area contributed by atoms with Gasteiger partial charge in [0.05, 0.1) is 10.5 Å². The second-order valence-corrected chi connectivity index (χ2v) is 6.68. The number of nitrogens with one attached hydrogen (secondary N) is 1. The molecule has 0 amide bonds. The molecule has 2 rings (SSSR count). The Morgan fingerprint density at radius 1 is 1.05 bits per heavy atom. The van der Waals surface area contributed by atoms with Gasteiger partial charge in [0.25, 0.3) is 0 Å². The highest BCUT2D eigenvalue weighted by Crippen LogP contribution is 2.30. The van der Waals surface area contributed by atoms with Crippen LogP contribution in [0.1, 0.15) is 11.1 Å². The van der Waals surface area contributed by atoms with Crippen LogP contribution < -0.4 is 4.72 Å². The molecule has 0 unspecified atom stereocenters. The third kappa shape index (κ3) is 4.22. The van der Waals surface area contributed by atoms with Gasteiger partial charge in [0, 0.05) is 11.6 Å². The monoisotopic (exact) mass is 349 g/mol. The number of halogens is 4. The van der Waals surface area contributed by atoms with E-state index < -0.39 is 26.7 Å². The molecule has 0 saturated carbocycles. The van der Waals surface area contributed by atoms with E-state index in [1.54, 1.807) is 24.3 Å². The largest absolute Gasteiger partial charge is 0.416 e. The minimum atomic E-state index is -4.60. The number of alkyl halides is 3. The Kier molecular flexibility index (Phi) is 4.79. The second kappa shape index (κ2) is 6.28. The van der Waals surface area contributed by atoms with E-state index in [1.807, 2.05) is 0 Å². The maximum absolute atomic E-state index is 12.6. The summed E-state index contributed by atoms with van der Waals surface area (Å²) in [6, 6.07) is 10.0. The Morgan fingerprint density at radius 2 is 1.68 bits per heavy atom. The van der Waals surface area contributed by atoms with Gasteiger partial charge in [0.1, 0.15) is 0 Å². The predicted octanol–water partition coefficient (Wildman–Crippen LogP) is 3.84. The summed E-state index contributed by atoms with van der Waals surface area (Å²) in [7, 11) is -4.03. The molecule has 22 heavy (non-hydrogen) atoms. The zero-order valence-electron chi connectivity index (χ0n) is 11.1. The summed E-state index contributed by atoms with van der Waals surface area (Å²) in [5.74, 6) is 0. The average molecular weight is 350 g/mol. The molecule has 0 aromatic heterocycles. The van der Waals surface area contributed by atoms with Crippen LogP contribution in [-0.4, -0.2) is 8.42 Å². The maximum Gasteiger partial charge on any atom is 0.416 e. The summed E-state index contributed by atoms with van der Waals surface area (Å²) in [5, 5.41) is 0.504. The molecule has 0 atom stereocenters. The lowest BCUT2D eigenvalue weighted by Crippen LogP contribution is -2.23. The van der Waals surface area contributed by atoms with Crippen molar-refractivity contribution in [2.24, 2.45) is 0 Å². The van der Waals surface area contributed by atoms with Crippen LogP contribution in [0.4, 0.5) is 13.2 Å². The molecule has 0 fully saturated rings. The zero-order valence-corrected chi connectivity index (χ0v) is 12.6. The molecule has 0 heterocycles. The van der Waals surface area contributed by atoms with Crippen LogP contribution in [0.3, 0.4) is 0 Å². The minimum absolute atomic E-state index is 0.0459. The highest BCUT2D eigenvalue weighted by atomic mass is 35.5. The van der Waals surface area contributed by atoms with Gasteiger partial charge in [0.2, 0.25) is 10.0 Å². The van der Waals surface area contributed by atoms with Gasteiger partial charge in [-0.3, -0.25) is 0 Å². The minimum Gasteiger partial charge on any atom is -0.207 e. The Balaban J connectivity index is 2.18. The lowest BCUT2D eigenvalue weighted by atomic mass is 10.2. The molecule has 0 bridgehead atoms. The molecule has 0 saturated heterocycles. The molecule has 0 aliphatic rings. The third-order valence-corrected chi connectivity index (χ3v) is 4.50. The van der Waals surface area contributed by atoms with Crippen LogP contribution in [0.5, 0.6) is 0 Å². The molecular weight excluding hydrogens is 339 g/mol. The van der Waals surface area contributed by atoms with Crippen LogP contribution >= 0.6 is 11.6 Å². The van der Waals surface area contributed by atoms with Crippen molar-refractivity contribution in [3.8, 4) is 0 Å². The van der Waals surface area contributed by atoms with Gasteiger partial charge in [-0.2, -0.15) is 13.2 Å². The number of rotatable bonds is 4. The van der Waals surface area contributed by atoms with E-state index in [9.17, 15) is 21.6 Å². The van der Waals surface area contributed by atoms with Gasteiger partial charge in [-0.15, -0.1) is 0 Å². The van der Waals surface area contributed by atoms with E-state index >= 15 is 0 Å². The average Bonchev–Trinajstić information content (AvgIpc) is 2.46. The van der Waals surface area contributed by atoms with Crippen LogP contribution in [0, 0.1) is 0 Å². The summed E-state index contributed by atoms with van der Waals surface area (Å²) in [5.41, 5.74) is -0.373. The van der Waals surface area contributed by atoms with Gasteiger partial charge >= 0.3 is 6.18 Å². The van der Waals surface area contributed by atoms with Crippen molar-refractivity contribution in [3.05, 3.63) is 64.7 Å². The first-order chi connectivity index (χ1) is 10.2. The number of hydrogen-bond donors (Lipinski definition) is 1. The van der Waals surface area contributed by atoms with E-state index in [0.29, 0.717) is 16.7 Å². The molecule has 0 radical (unpaired) electrons. The van der Waals surface area contributed by atoms with E-state index in [2.05, 4.69) is 4.72 Å². The molecule has 8 heteroatoms. The lowest BCUT2D eigenvalue weighted by Gasteiger charge is -2.10. The van der Waals surface area contributed by atoms with Gasteiger partial charge < -0.3 is 0 Å². The molecule has 1 N–H and O–H groups in total. The molecule has 0 aliphatic carbocycles. The highest BCUT2D eigenvalue weighted by Gasteiger charge is 2.31. The van der Waals surface area contributed by atoms with Crippen molar-refractivity contribution in [2.75, 3.05) is 0 Å². The molecular formula is C14H11ClF3NO2S. The zero-order chi connectivity index (χ0) is 16.4. The first kappa shape index (κ1) is 16.8. The number of hydrogen-bond acceptors (Lipinski definition) is 2. The topological polar surface area (TPSA) is 46.2 Å². The van der Waals surface area contributed by atoms with E-state index in [0.717, 1.165) is 18.2 Å². The quantitative estimate of drug-likeness (QED) is 0.911. The fourth-order valence-electron chi connectivity index (χ4n) is 1.70. The smallest absolute Gasteiger partial charge is 0.207 e. The Bertz CT molecular complexity index is 758. The molecule has 0 spiro atoms. The van der Waals surface area contributed by atoms with Gasteiger partial charge in [0.15, 0.2) is 0 Å². The summed E-state index contributed by atoms with van der Waals surface area (Å²) in [6.07, 6.45) is -4.60. The highest BCUT2D eigenvalue weighted by molar-refractivity contribution is 7.89. The van der Waals surface area contributed by atoms with Crippen molar-refractivity contribution in [1.29, 1.82) is 0 Å². The summed E-state index contributed by atoms with van der Waals surface area (Å²) in [4.78, 5) is -0.434. The van der Waals surface area contributed by atoms with Gasteiger partial charge in [-0.05, 0) is 35.9 Å².